The van der Waals surface area contributed by atoms with Gasteiger partial charge in [0.25, 0.3) is 5.91 Å². The topological polar surface area (TPSA) is 78.5 Å². The second-order valence-electron chi connectivity index (χ2n) is 6.61. The number of fused-ring (bicyclic) bond motifs is 1. The lowest BCUT2D eigenvalue weighted by molar-refractivity contribution is -0.136. The van der Waals surface area contributed by atoms with Gasteiger partial charge in [0.05, 0.1) is 5.75 Å². The predicted molar refractivity (Wildman–Crippen MR) is 111 cm³/mol. The summed E-state index contributed by atoms with van der Waals surface area (Å²) >= 11 is 7.64. The van der Waals surface area contributed by atoms with Gasteiger partial charge in [-0.15, -0.1) is 11.8 Å². The van der Waals surface area contributed by atoms with E-state index in [9.17, 15) is 14.4 Å². The van der Waals surface area contributed by atoms with Gasteiger partial charge in [-0.25, -0.2) is 0 Å². The van der Waals surface area contributed by atoms with E-state index in [1.165, 1.54) is 11.8 Å². The van der Waals surface area contributed by atoms with E-state index < -0.39 is 5.91 Å². The summed E-state index contributed by atoms with van der Waals surface area (Å²) < 4.78 is 0. The molecule has 0 spiro atoms. The highest BCUT2D eigenvalue weighted by Gasteiger charge is 2.19. The third kappa shape index (κ3) is 5.39. The molecule has 1 aliphatic rings. The smallest absolute Gasteiger partial charge is 0.257 e. The van der Waals surface area contributed by atoms with Gasteiger partial charge in [-0.1, -0.05) is 42.3 Å². The van der Waals surface area contributed by atoms with Crippen LogP contribution in [0.2, 0.25) is 5.02 Å². The lowest BCUT2D eigenvalue weighted by atomic mass is 10.1. The van der Waals surface area contributed by atoms with Gasteiger partial charge in [0.2, 0.25) is 11.8 Å². The molecule has 3 amide bonds. The number of hydrogen-bond acceptors (Lipinski definition) is 4. The first kappa shape index (κ1) is 20.5. The van der Waals surface area contributed by atoms with E-state index in [1.54, 1.807) is 4.90 Å². The first-order valence-electron chi connectivity index (χ1n) is 9.20. The van der Waals surface area contributed by atoms with E-state index in [0.29, 0.717) is 18.0 Å². The second kappa shape index (κ2) is 9.80. The number of nitrogens with zero attached hydrogens (tertiary/aromatic N) is 1. The molecule has 0 unspecified atom stereocenters. The Kier molecular flexibility index (Phi) is 7.17. The van der Waals surface area contributed by atoms with Crippen molar-refractivity contribution in [1.29, 1.82) is 0 Å². The normalized spacial score (nSPS) is 14.6. The number of carbonyl (C=O) groups is 3. The summed E-state index contributed by atoms with van der Waals surface area (Å²) in [4.78, 5) is 38.5. The van der Waals surface area contributed by atoms with Gasteiger partial charge in [0.1, 0.15) is 6.54 Å². The molecule has 1 saturated heterocycles. The SMILES string of the molecule is O=C(CSc1cccc2cccc(Cl)c12)NNC(=O)CN1CCCCCC1=O. The molecule has 1 heterocycles. The zero-order valence-corrected chi connectivity index (χ0v) is 16.9. The van der Waals surface area contributed by atoms with Crippen molar-refractivity contribution in [3.8, 4) is 0 Å². The number of amides is 3. The van der Waals surface area contributed by atoms with Crippen LogP contribution in [0.15, 0.2) is 41.3 Å². The molecule has 1 fully saturated rings. The highest BCUT2D eigenvalue weighted by molar-refractivity contribution is 8.00. The van der Waals surface area contributed by atoms with E-state index >= 15 is 0 Å². The Morgan fingerprint density at radius 3 is 2.61 bits per heavy atom. The lowest BCUT2D eigenvalue weighted by Gasteiger charge is -2.19. The van der Waals surface area contributed by atoms with Gasteiger partial charge in [-0.05, 0) is 30.4 Å². The predicted octanol–water partition coefficient (Wildman–Crippen LogP) is 3.14. The summed E-state index contributed by atoms with van der Waals surface area (Å²) in [6.07, 6.45) is 3.23. The molecule has 3 rings (SSSR count). The van der Waals surface area contributed by atoms with E-state index in [2.05, 4.69) is 10.9 Å². The van der Waals surface area contributed by atoms with Gasteiger partial charge < -0.3 is 4.90 Å². The fourth-order valence-corrected chi connectivity index (χ4v) is 4.37. The average molecular weight is 420 g/mol. The zero-order chi connectivity index (χ0) is 19.9. The molecule has 0 saturated carbocycles. The largest absolute Gasteiger partial charge is 0.333 e. The lowest BCUT2D eigenvalue weighted by Crippen LogP contribution is -2.48. The molecule has 2 aromatic carbocycles. The van der Waals surface area contributed by atoms with Gasteiger partial charge >= 0.3 is 0 Å². The summed E-state index contributed by atoms with van der Waals surface area (Å²) in [5, 5.41) is 2.55. The van der Waals surface area contributed by atoms with Gasteiger partial charge in [0, 0.05) is 28.3 Å². The van der Waals surface area contributed by atoms with E-state index in [1.807, 2.05) is 36.4 Å². The minimum Gasteiger partial charge on any atom is -0.333 e. The van der Waals surface area contributed by atoms with Crippen molar-refractivity contribution >= 4 is 51.9 Å². The van der Waals surface area contributed by atoms with Crippen molar-refractivity contribution in [3.63, 3.8) is 0 Å². The van der Waals surface area contributed by atoms with Crippen molar-refractivity contribution in [2.24, 2.45) is 0 Å². The van der Waals surface area contributed by atoms with Gasteiger partial charge in [-0.2, -0.15) is 0 Å². The van der Waals surface area contributed by atoms with Crippen molar-refractivity contribution in [1.82, 2.24) is 15.8 Å². The number of carbonyl (C=O) groups excluding carboxylic acids is 3. The van der Waals surface area contributed by atoms with Crippen LogP contribution in [0.3, 0.4) is 0 Å². The molecule has 0 aromatic heterocycles. The van der Waals surface area contributed by atoms with Crippen LogP contribution in [0.5, 0.6) is 0 Å². The molecule has 2 aromatic rings. The molecule has 2 N–H and O–H groups in total. The van der Waals surface area contributed by atoms with Crippen molar-refractivity contribution < 1.29 is 14.4 Å². The molecule has 28 heavy (non-hydrogen) atoms. The number of benzene rings is 2. The molecule has 148 valence electrons. The highest BCUT2D eigenvalue weighted by atomic mass is 35.5. The molecular formula is C20H22ClN3O3S. The molecular weight excluding hydrogens is 398 g/mol. The fourth-order valence-electron chi connectivity index (χ4n) is 3.12. The van der Waals surface area contributed by atoms with E-state index in [4.69, 9.17) is 11.6 Å². The maximum Gasteiger partial charge on any atom is 0.257 e. The molecule has 6 nitrogen and oxygen atoms in total. The Morgan fingerprint density at radius 2 is 1.79 bits per heavy atom. The molecule has 0 radical (unpaired) electrons. The number of halogens is 1. The van der Waals surface area contributed by atoms with Crippen molar-refractivity contribution in [3.05, 3.63) is 41.4 Å². The van der Waals surface area contributed by atoms with Crippen molar-refractivity contribution in [2.45, 2.75) is 30.6 Å². The van der Waals surface area contributed by atoms with Crippen LogP contribution in [0, 0.1) is 0 Å². The standard InChI is InChI=1S/C20H22ClN3O3S/c21-15-8-4-6-14-7-5-9-16(20(14)15)28-13-18(26)23-22-17(25)12-24-11-3-1-2-10-19(24)27/h4-9H,1-3,10-13H2,(H,22,25)(H,23,26). The summed E-state index contributed by atoms with van der Waals surface area (Å²) in [7, 11) is 0. The third-order valence-corrected chi connectivity index (χ3v) is 5.89. The number of thioether (sulfide) groups is 1. The molecule has 1 aliphatic heterocycles. The Hall–Kier alpha value is -2.25. The minimum absolute atomic E-state index is 0.0117. The monoisotopic (exact) mass is 419 g/mol. The van der Waals surface area contributed by atoms with Crippen molar-refractivity contribution in [2.75, 3.05) is 18.8 Å². The number of hydrogen-bond donors (Lipinski definition) is 2. The molecule has 0 aliphatic carbocycles. The first-order valence-corrected chi connectivity index (χ1v) is 10.6. The minimum atomic E-state index is -0.401. The maximum absolute atomic E-state index is 12.1. The number of nitrogens with one attached hydrogen (secondary N) is 2. The van der Waals surface area contributed by atoms with Gasteiger partial charge in [-0.3, -0.25) is 25.2 Å². The van der Waals surface area contributed by atoms with E-state index in [-0.39, 0.29) is 24.1 Å². The number of hydrazine groups is 1. The second-order valence-corrected chi connectivity index (χ2v) is 8.03. The van der Waals surface area contributed by atoms with Crippen LogP contribution in [0.25, 0.3) is 10.8 Å². The Morgan fingerprint density at radius 1 is 1.04 bits per heavy atom. The van der Waals surface area contributed by atoms with Crippen LogP contribution < -0.4 is 10.9 Å². The molecule has 0 atom stereocenters. The van der Waals surface area contributed by atoms with E-state index in [0.717, 1.165) is 34.9 Å². The average Bonchev–Trinajstić information content (AvgIpc) is 2.89. The van der Waals surface area contributed by atoms with Crippen LogP contribution in [-0.4, -0.2) is 41.5 Å². The summed E-state index contributed by atoms with van der Waals surface area (Å²) in [6.45, 7) is 0.545. The zero-order valence-electron chi connectivity index (χ0n) is 15.4. The number of likely N-dealkylation sites (tertiary alicyclic amines) is 1. The third-order valence-electron chi connectivity index (χ3n) is 4.52. The highest BCUT2D eigenvalue weighted by Crippen LogP contribution is 2.32. The molecule has 0 bridgehead atoms. The molecule has 8 heteroatoms. The fraction of sp³-hybridized carbons (Fsp3) is 0.350. The number of rotatable bonds is 5. The van der Waals surface area contributed by atoms with Crippen LogP contribution >= 0.6 is 23.4 Å². The summed E-state index contributed by atoms with van der Waals surface area (Å²) in [6, 6.07) is 11.5. The van der Waals surface area contributed by atoms with Gasteiger partial charge in [0.15, 0.2) is 0 Å². The Balaban J connectivity index is 1.48. The summed E-state index contributed by atoms with van der Waals surface area (Å²) in [5.74, 6) is -0.610. The summed E-state index contributed by atoms with van der Waals surface area (Å²) in [5.41, 5.74) is 4.79. The first-order chi connectivity index (χ1) is 13.5. The van der Waals surface area contributed by atoms with Crippen LogP contribution in [0.4, 0.5) is 0 Å². The quantitative estimate of drug-likeness (QED) is 0.576. The Labute approximate surface area is 172 Å². The van der Waals surface area contributed by atoms with Crippen LogP contribution in [0.1, 0.15) is 25.7 Å². The Bertz CT molecular complexity index is 885. The van der Waals surface area contributed by atoms with Crippen LogP contribution in [-0.2, 0) is 14.4 Å². The maximum atomic E-state index is 12.1.